The first kappa shape index (κ1) is 17.1. The van der Waals surface area contributed by atoms with Crippen molar-refractivity contribution in [1.82, 2.24) is 10.3 Å². The number of anilines is 1. The Morgan fingerprint density at radius 2 is 2.00 bits per heavy atom. The van der Waals surface area contributed by atoms with Gasteiger partial charge in [0.1, 0.15) is 11.4 Å². The summed E-state index contributed by atoms with van der Waals surface area (Å²) in [6.07, 6.45) is 1.22. The van der Waals surface area contributed by atoms with Crippen molar-refractivity contribution >= 4 is 28.4 Å². The van der Waals surface area contributed by atoms with E-state index in [1.165, 1.54) is 0 Å². The molecule has 6 heteroatoms. The van der Waals surface area contributed by atoms with Crippen LogP contribution in [0.3, 0.4) is 0 Å². The van der Waals surface area contributed by atoms with E-state index in [0.717, 1.165) is 39.9 Å². The van der Waals surface area contributed by atoms with Crippen LogP contribution in [-0.4, -0.2) is 23.9 Å². The molecule has 27 heavy (non-hydrogen) atoms. The number of carbonyl (C=O) groups is 2. The highest BCUT2D eigenvalue weighted by Gasteiger charge is 2.18. The fourth-order valence-electron chi connectivity index (χ4n) is 3.39. The molecule has 1 aromatic heterocycles. The lowest BCUT2D eigenvalue weighted by Gasteiger charge is -2.20. The van der Waals surface area contributed by atoms with E-state index in [-0.39, 0.29) is 17.9 Å². The van der Waals surface area contributed by atoms with Crippen LogP contribution in [0.5, 0.6) is 5.75 Å². The van der Waals surface area contributed by atoms with Gasteiger partial charge in [0.2, 0.25) is 5.91 Å². The molecule has 1 atom stereocenters. The van der Waals surface area contributed by atoms with Gasteiger partial charge in [0.05, 0.1) is 13.2 Å². The van der Waals surface area contributed by atoms with E-state index in [1.54, 1.807) is 7.11 Å². The molecule has 3 N–H and O–H groups in total. The standard InChI is InChI=1S/C21H21N3O3/c1-12(13-4-7-17-14(9-13)5-8-20(25)24-17)22-21(26)19-10-15-3-6-16(27-2)11-18(15)23-19/h3-4,6-7,9-12,23H,5,8H2,1-2H3,(H,22,26)(H,24,25). The normalized spacial score (nSPS) is 14.4. The molecule has 2 amide bonds. The van der Waals surface area contributed by atoms with E-state index in [4.69, 9.17) is 4.74 Å². The van der Waals surface area contributed by atoms with Gasteiger partial charge >= 0.3 is 0 Å². The molecule has 0 fully saturated rings. The number of aromatic amines is 1. The number of ether oxygens (including phenoxy) is 1. The summed E-state index contributed by atoms with van der Waals surface area (Å²) < 4.78 is 5.22. The maximum Gasteiger partial charge on any atom is 0.268 e. The maximum atomic E-state index is 12.7. The first-order chi connectivity index (χ1) is 13.0. The predicted molar refractivity (Wildman–Crippen MR) is 104 cm³/mol. The van der Waals surface area contributed by atoms with Crippen LogP contribution in [0.4, 0.5) is 5.69 Å². The van der Waals surface area contributed by atoms with Gasteiger partial charge in [-0.05, 0) is 48.7 Å². The fourth-order valence-corrected chi connectivity index (χ4v) is 3.39. The summed E-state index contributed by atoms with van der Waals surface area (Å²) >= 11 is 0. The van der Waals surface area contributed by atoms with Crippen molar-refractivity contribution in [3.8, 4) is 5.75 Å². The van der Waals surface area contributed by atoms with Crippen LogP contribution in [0.1, 0.15) is 41.0 Å². The van der Waals surface area contributed by atoms with Crippen LogP contribution in [0.2, 0.25) is 0 Å². The third-order valence-corrected chi connectivity index (χ3v) is 4.95. The smallest absolute Gasteiger partial charge is 0.268 e. The highest BCUT2D eigenvalue weighted by atomic mass is 16.5. The lowest BCUT2D eigenvalue weighted by Crippen LogP contribution is -2.27. The lowest BCUT2D eigenvalue weighted by atomic mass is 9.98. The van der Waals surface area contributed by atoms with Crippen LogP contribution >= 0.6 is 0 Å². The second-order valence-corrected chi connectivity index (χ2v) is 6.80. The third kappa shape index (κ3) is 3.38. The topological polar surface area (TPSA) is 83.2 Å². The molecule has 0 saturated heterocycles. The predicted octanol–water partition coefficient (Wildman–Crippen LogP) is 3.55. The fraction of sp³-hybridized carbons (Fsp3) is 0.238. The molecule has 138 valence electrons. The number of H-pyrrole nitrogens is 1. The van der Waals surface area contributed by atoms with Gasteiger partial charge < -0.3 is 20.4 Å². The first-order valence-corrected chi connectivity index (χ1v) is 8.94. The number of amides is 2. The Labute approximate surface area is 156 Å². The Balaban J connectivity index is 1.51. The number of carbonyl (C=O) groups excluding carboxylic acids is 2. The molecule has 0 spiro atoms. The summed E-state index contributed by atoms with van der Waals surface area (Å²) in [5.41, 5.74) is 4.34. The summed E-state index contributed by atoms with van der Waals surface area (Å²) in [5.74, 6) is 0.626. The van der Waals surface area contributed by atoms with Crippen molar-refractivity contribution in [2.24, 2.45) is 0 Å². The second-order valence-electron chi connectivity index (χ2n) is 6.80. The molecule has 1 aliphatic rings. The zero-order valence-corrected chi connectivity index (χ0v) is 15.3. The number of aromatic nitrogens is 1. The number of aryl methyl sites for hydroxylation is 1. The first-order valence-electron chi connectivity index (χ1n) is 8.94. The van der Waals surface area contributed by atoms with Gasteiger partial charge in [-0.1, -0.05) is 12.1 Å². The monoisotopic (exact) mass is 363 g/mol. The third-order valence-electron chi connectivity index (χ3n) is 4.95. The van der Waals surface area contributed by atoms with E-state index < -0.39 is 0 Å². The minimum absolute atomic E-state index is 0.0482. The summed E-state index contributed by atoms with van der Waals surface area (Å²) in [6.45, 7) is 1.95. The quantitative estimate of drug-likeness (QED) is 0.663. The Bertz CT molecular complexity index is 1040. The SMILES string of the molecule is COc1ccc2cc(C(=O)NC(C)c3ccc4c(c3)CCC(=O)N4)[nH]c2c1. The lowest BCUT2D eigenvalue weighted by molar-refractivity contribution is -0.116. The summed E-state index contributed by atoms with van der Waals surface area (Å²) in [6, 6.07) is 13.2. The summed E-state index contributed by atoms with van der Waals surface area (Å²) in [4.78, 5) is 27.3. The van der Waals surface area contributed by atoms with Crippen molar-refractivity contribution in [2.45, 2.75) is 25.8 Å². The largest absolute Gasteiger partial charge is 0.497 e. The summed E-state index contributed by atoms with van der Waals surface area (Å²) in [7, 11) is 1.61. The molecule has 4 rings (SSSR count). The molecule has 1 unspecified atom stereocenters. The van der Waals surface area contributed by atoms with Crippen LogP contribution in [0, 0.1) is 0 Å². The Hall–Kier alpha value is -3.28. The van der Waals surface area contributed by atoms with Gasteiger partial charge in [0, 0.05) is 29.1 Å². The maximum absolute atomic E-state index is 12.7. The van der Waals surface area contributed by atoms with Crippen LogP contribution in [0.15, 0.2) is 42.5 Å². The Morgan fingerprint density at radius 3 is 2.81 bits per heavy atom. The van der Waals surface area contributed by atoms with Gasteiger partial charge in [0.25, 0.3) is 5.91 Å². The number of methoxy groups -OCH3 is 1. The van der Waals surface area contributed by atoms with E-state index in [9.17, 15) is 9.59 Å². The Kier molecular flexibility index (Phi) is 4.32. The number of hydrogen-bond acceptors (Lipinski definition) is 3. The minimum atomic E-state index is -0.163. The van der Waals surface area contributed by atoms with Gasteiger partial charge in [-0.25, -0.2) is 0 Å². The van der Waals surface area contributed by atoms with E-state index >= 15 is 0 Å². The van der Waals surface area contributed by atoms with Gasteiger partial charge in [-0.2, -0.15) is 0 Å². The van der Waals surface area contributed by atoms with E-state index in [0.29, 0.717) is 12.1 Å². The molecular formula is C21H21N3O3. The molecule has 0 radical (unpaired) electrons. The molecule has 0 aliphatic carbocycles. The molecule has 1 aliphatic heterocycles. The zero-order valence-electron chi connectivity index (χ0n) is 15.3. The van der Waals surface area contributed by atoms with Gasteiger partial charge in [-0.3, -0.25) is 9.59 Å². The van der Waals surface area contributed by atoms with E-state index in [1.807, 2.05) is 43.3 Å². The molecule has 3 aromatic rings. The number of hydrogen-bond donors (Lipinski definition) is 3. The molecule has 6 nitrogen and oxygen atoms in total. The van der Waals surface area contributed by atoms with Gasteiger partial charge in [0.15, 0.2) is 0 Å². The van der Waals surface area contributed by atoms with Crippen LogP contribution in [0.25, 0.3) is 10.9 Å². The summed E-state index contributed by atoms with van der Waals surface area (Å²) in [5, 5.41) is 6.86. The average Bonchev–Trinajstić information content (AvgIpc) is 3.10. The van der Waals surface area contributed by atoms with Crippen LogP contribution < -0.4 is 15.4 Å². The molecule has 2 aromatic carbocycles. The number of benzene rings is 2. The highest BCUT2D eigenvalue weighted by Crippen LogP contribution is 2.26. The molecule has 2 heterocycles. The van der Waals surface area contributed by atoms with Gasteiger partial charge in [-0.15, -0.1) is 0 Å². The van der Waals surface area contributed by atoms with Crippen molar-refractivity contribution in [3.63, 3.8) is 0 Å². The van der Waals surface area contributed by atoms with E-state index in [2.05, 4.69) is 21.7 Å². The Morgan fingerprint density at radius 1 is 1.15 bits per heavy atom. The highest BCUT2D eigenvalue weighted by molar-refractivity contribution is 5.98. The minimum Gasteiger partial charge on any atom is -0.497 e. The van der Waals surface area contributed by atoms with Crippen molar-refractivity contribution in [1.29, 1.82) is 0 Å². The molecule has 0 saturated carbocycles. The number of fused-ring (bicyclic) bond motifs is 2. The molecule has 0 bridgehead atoms. The van der Waals surface area contributed by atoms with Crippen molar-refractivity contribution in [3.05, 3.63) is 59.3 Å². The van der Waals surface area contributed by atoms with Crippen LogP contribution in [-0.2, 0) is 11.2 Å². The number of rotatable bonds is 4. The zero-order chi connectivity index (χ0) is 19.0. The second kappa shape index (κ2) is 6.79. The molecular weight excluding hydrogens is 342 g/mol. The number of nitrogens with one attached hydrogen (secondary N) is 3. The average molecular weight is 363 g/mol. The van der Waals surface area contributed by atoms with Crippen molar-refractivity contribution < 1.29 is 14.3 Å². The van der Waals surface area contributed by atoms with Crippen molar-refractivity contribution in [2.75, 3.05) is 12.4 Å².